The van der Waals surface area contributed by atoms with Gasteiger partial charge < -0.3 is 21.1 Å². The van der Waals surface area contributed by atoms with Crippen LogP contribution >= 0.6 is 0 Å². The first kappa shape index (κ1) is 12.8. The normalized spacial score (nSPS) is 20.6. The summed E-state index contributed by atoms with van der Waals surface area (Å²) in [5.41, 5.74) is 5.77. The molecule has 1 fully saturated rings. The quantitative estimate of drug-likeness (QED) is 0.590. The van der Waals surface area contributed by atoms with Crippen LogP contribution in [0.15, 0.2) is 0 Å². The fourth-order valence-electron chi connectivity index (χ4n) is 1.83. The number of carbonyl (C=O) groups excluding carboxylic acids is 1. The topological polar surface area (TPSA) is 95.7 Å². The lowest BCUT2D eigenvalue weighted by Crippen LogP contribution is -2.45. The highest BCUT2D eigenvalue weighted by atomic mass is 16.4. The molecule has 0 saturated carbocycles. The van der Waals surface area contributed by atoms with E-state index in [9.17, 15) is 9.59 Å². The van der Waals surface area contributed by atoms with Crippen molar-refractivity contribution in [3.05, 3.63) is 0 Å². The predicted octanol–water partition coefficient (Wildman–Crippen LogP) is -0.0161. The second-order valence-corrected chi connectivity index (χ2v) is 4.08. The third-order valence-corrected chi connectivity index (χ3v) is 2.65. The number of rotatable bonds is 4. The Kier molecular flexibility index (Phi) is 5.04. The van der Waals surface area contributed by atoms with Crippen LogP contribution in [0.4, 0.5) is 4.79 Å². The first-order valence-electron chi connectivity index (χ1n) is 5.59. The molecule has 0 aromatic carbocycles. The molecule has 0 aromatic rings. The van der Waals surface area contributed by atoms with E-state index < -0.39 is 6.09 Å². The Labute approximate surface area is 94.8 Å². The van der Waals surface area contributed by atoms with Crippen molar-refractivity contribution in [3.8, 4) is 0 Å². The standard InChI is InChI=1S/C10H19N3O3/c11-8-3-2-6-13(7-8)9(14)4-1-5-12-10(15)16/h8,12H,1-7,11H2,(H,15,16). The van der Waals surface area contributed by atoms with Crippen molar-refractivity contribution >= 4 is 12.0 Å². The summed E-state index contributed by atoms with van der Waals surface area (Å²) >= 11 is 0. The van der Waals surface area contributed by atoms with Gasteiger partial charge in [-0.1, -0.05) is 0 Å². The molecule has 0 aliphatic carbocycles. The van der Waals surface area contributed by atoms with Crippen LogP contribution in [0, 0.1) is 0 Å². The van der Waals surface area contributed by atoms with Gasteiger partial charge in [0.2, 0.25) is 5.91 Å². The van der Waals surface area contributed by atoms with Crippen LogP contribution in [0.1, 0.15) is 25.7 Å². The van der Waals surface area contributed by atoms with Gasteiger partial charge in [0.25, 0.3) is 0 Å². The van der Waals surface area contributed by atoms with Crippen molar-refractivity contribution in [2.75, 3.05) is 19.6 Å². The molecule has 1 saturated heterocycles. The van der Waals surface area contributed by atoms with Crippen molar-refractivity contribution in [1.29, 1.82) is 0 Å². The van der Waals surface area contributed by atoms with Gasteiger partial charge in [-0.15, -0.1) is 0 Å². The van der Waals surface area contributed by atoms with Crippen LogP contribution in [0.3, 0.4) is 0 Å². The molecule has 6 nitrogen and oxygen atoms in total. The Morgan fingerprint density at radius 2 is 2.25 bits per heavy atom. The van der Waals surface area contributed by atoms with Gasteiger partial charge in [0.1, 0.15) is 0 Å². The Balaban J connectivity index is 2.16. The highest BCUT2D eigenvalue weighted by Crippen LogP contribution is 2.09. The average Bonchev–Trinajstić information content (AvgIpc) is 2.24. The molecule has 1 aliphatic rings. The zero-order chi connectivity index (χ0) is 12.0. The van der Waals surface area contributed by atoms with Gasteiger partial charge in [-0.3, -0.25) is 4.79 Å². The summed E-state index contributed by atoms with van der Waals surface area (Å²) in [6.07, 6.45) is 1.81. The molecule has 0 aromatic heterocycles. The third kappa shape index (κ3) is 4.48. The number of carboxylic acid groups (broad SMARTS) is 1. The van der Waals surface area contributed by atoms with Crippen LogP contribution in [0.5, 0.6) is 0 Å². The lowest BCUT2D eigenvalue weighted by Gasteiger charge is -2.30. The summed E-state index contributed by atoms with van der Waals surface area (Å²) in [6.45, 7) is 1.73. The average molecular weight is 229 g/mol. The van der Waals surface area contributed by atoms with E-state index in [0.717, 1.165) is 19.4 Å². The number of likely N-dealkylation sites (tertiary alicyclic amines) is 1. The lowest BCUT2D eigenvalue weighted by atomic mass is 10.1. The third-order valence-electron chi connectivity index (χ3n) is 2.65. The first-order chi connectivity index (χ1) is 7.59. The molecular formula is C10H19N3O3. The zero-order valence-electron chi connectivity index (χ0n) is 9.32. The van der Waals surface area contributed by atoms with Gasteiger partial charge in [0.05, 0.1) is 0 Å². The van der Waals surface area contributed by atoms with Crippen LogP contribution in [0.25, 0.3) is 0 Å². The van der Waals surface area contributed by atoms with Gasteiger partial charge in [-0.05, 0) is 19.3 Å². The van der Waals surface area contributed by atoms with Gasteiger partial charge in [0, 0.05) is 32.1 Å². The molecule has 0 radical (unpaired) electrons. The molecule has 1 rings (SSSR count). The molecule has 1 unspecified atom stereocenters. The highest BCUT2D eigenvalue weighted by Gasteiger charge is 2.20. The summed E-state index contributed by atoms with van der Waals surface area (Å²) in [5, 5.41) is 10.6. The molecule has 6 heteroatoms. The molecular weight excluding hydrogens is 210 g/mol. The minimum Gasteiger partial charge on any atom is -0.465 e. The summed E-state index contributed by atoms with van der Waals surface area (Å²) in [6, 6.07) is 0.0924. The molecule has 92 valence electrons. The molecule has 0 bridgehead atoms. The second-order valence-electron chi connectivity index (χ2n) is 4.08. The van der Waals surface area contributed by atoms with Crippen LogP contribution < -0.4 is 11.1 Å². The smallest absolute Gasteiger partial charge is 0.404 e. The zero-order valence-corrected chi connectivity index (χ0v) is 9.32. The number of nitrogens with two attached hydrogens (primary N) is 1. The van der Waals surface area contributed by atoms with Gasteiger partial charge in [-0.2, -0.15) is 0 Å². The fraction of sp³-hybridized carbons (Fsp3) is 0.800. The Morgan fingerprint density at radius 1 is 1.50 bits per heavy atom. The van der Waals surface area contributed by atoms with Crippen LogP contribution in [0.2, 0.25) is 0 Å². The predicted molar refractivity (Wildman–Crippen MR) is 59.1 cm³/mol. The van der Waals surface area contributed by atoms with Crippen LogP contribution in [-0.4, -0.2) is 47.7 Å². The maximum atomic E-state index is 11.7. The first-order valence-corrected chi connectivity index (χ1v) is 5.59. The van der Waals surface area contributed by atoms with E-state index in [0.29, 0.717) is 25.9 Å². The van der Waals surface area contributed by atoms with E-state index in [1.807, 2.05) is 0 Å². The number of hydrogen-bond acceptors (Lipinski definition) is 3. The SMILES string of the molecule is NC1CCCN(C(=O)CCCNC(=O)O)C1. The summed E-state index contributed by atoms with van der Waals surface area (Å²) < 4.78 is 0. The van der Waals surface area contributed by atoms with E-state index in [1.165, 1.54) is 0 Å². The summed E-state index contributed by atoms with van der Waals surface area (Å²) in [5.74, 6) is 0.0716. The minimum atomic E-state index is -1.05. The lowest BCUT2D eigenvalue weighted by molar-refractivity contribution is -0.132. The highest BCUT2D eigenvalue weighted by molar-refractivity contribution is 5.76. The van der Waals surface area contributed by atoms with Crippen molar-refractivity contribution in [2.24, 2.45) is 5.73 Å². The van der Waals surface area contributed by atoms with Gasteiger partial charge in [0.15, 0.2) is 0 Å². The Bertz CT molecular complexity index is 258. The van der Waals surface area contributed by atoms with Crippen molar-refractivity contribution < 1.29 is 14.7 Å². The van der Waals surface area contributed by atoms with E-state index >= 15 is 0 Å². The maximum Gasteiger partial charge on any atom is 0.404 e. The van der Waals surface area contributed by atoms with E-state index in [1.54, 1.807) is 4.90 Å². The molecule has 16 heavy (non-hydrogen) atoms. The Morgan fingerprint density at radius 3 is 2.88 bits per heavy atom. The van der Waals surface area contributed by atoms with E-state index in [4.69, 9.17) is 10.8 Å². The molecule has 1 atom stereocenters. The maximum absolute atomic E-state index is 11.7. The monoisotopic (exact) mass is 229 g/mol. The van der Waals surface area contributed by atoms with E-state index in [2.05, 4.69) is 5.32 Å². The number of piperidine rings is 1. The van der Waals surface area contributed by atoms with Crippen LogP contribution in [-0.2, 0) is 4.79 Å². The number of carbonyl (C=O) groups is 2. The molecule has 2 amide bonds. The molecule has 4 N–H and O–H groups in total. The number of nitrogens with one attached hydrogen (secondary N) is 1. The van der Waals surface area contributed by atoms with Crippen molar-refractivity contribution in [3.63, 3.8) is 0 Å². The number of hydrogen-bond donors (Lipinski definition) is 3. The number of amides is 2. The fourth-order valence-corrected chi connectivity index (χ4v) is 1.83. The van der Waals surface area contributed by atoms with Gasteiger partial charge >= 0.3 is 6.09 Å². The van der Waals surface area contributed by atoms with Crippen molar-refractivity contribution in [1.82, 2.24) is 10.2 Å². The number of nitrogens with zero attached hydrogens (tertiary/aromatic N) is 1. The largest absolute Gasteiger partial charge is 0.465 e. The second kappa shape index (κ2) is 6.32. The van der Waals surface area contributed by atoms with Crippen molar-refractivity contribution in [2.45, 2.75) is 31.7 Å². The van der Waals surface area contributed by atoms with E-state index in [-0.39, 0.29) is 11.9 Å². The molecule has 1 heterocycles. The summed E-state index contributed by atoms with van der Waals surface area (Å²) in [7, 11) is 0. The summed E-state index contributed by atoms with van der Waals surface area (Å²) in [4.78, 5) is 23.6. The Hall–Kier alpha value is -1.30. The van der Waals surface area contributed by atoms with Gasteiger partial charge in [-0.25, -0.2) is 4.79 Å². The molecule has 1 aliphatic heterocycles. The molecule has 0 spiro atoms. The minimum absolute atomic E-state index is 0.0716.